The van der Waals surface area contributed by atoms with E-state index in [1.54, 1.807) is 18.2 Å². The Morgan fingerprint density at radius 1 is 1.18 bits per heavy atom. The number of benzene rings is 1. The number of nitrogens with one attached hydrogen (secondary N) is 1. The van der Waals surface area contributed by atoms with Crippen LogP contribution in [0.2, 0.25) is 0 Å². The smallest absolute Gasteiger partial charge is 0.404 e. The number of methoxy groups -OCH3 is 1. The molecule has 0 saturated carbocycles. The molecule has 0 radical (unpaired) electrons. The third-order valence-corrected chi connectivity index (χ3v) is 4.91. The van der Waals surface area contributed by atoms with Crippen molar-refractivity contribution in [3.63, 3.8) is 0 Å². The number of carboxylic acid groups (broad SMARTS) is 1. The van der Waals surface area contributed by atoms with Crippen LogP contribution in [0.25, 0.3) is 16.7 Å². The highest BCUT2D eigenvalue weighted by atomic mass is 19.1. The van der Waals surface area contributed by atoms with Gasteiger partial charge in [0.05, 0.1) is 30.3 Å². The highest BCUT2D eigenvalue weighted by Crippen LogP contribution is 2.27. The second kappa shape index (κ2) is 8.99. The maximum atomic E-state index is 14.0. The van der Waals surface area contributed by atoms with E-state index in [1.807, 2.05) is 0 Å². The molecule has 0 spiro atoms. The fourth-order valence-corrected chi connectivity index (χ4v) is 3.47. The van der Waals surface area contributed by atoms with Crippen molar-refractivity contribution in [2.24, 2.45) is 0 Å². The van der Waals surface area contributed by atoms with Gasteiger partial charge in [0.25, 0.3) is 5.56 Å². The summed E-state index contributed by atoms with van der Waals surface area (Å²) in [5, 5.41) is 11.6. The average molecular weight is 453 g/mol. The van der Waals surface area contributed by atoms with E-state index in [2.05, 4.69) is 20.3 Å². The van der Waals surface area contributed by atoms with E-state index in [4.69, 9.17) is 9.84 Å². The van der Waals surface area contributed by atoms with Crippen molar-refractivity contribution in [2.75, 3.05) is 13.7 Å². The van der Waals surface area contributed by atoms with Crippen LogP contribution in [0.3, 0.4) is 0 Å². The third-order valence-electron chi connectivity index (χ3n) is 4.91. The van der Waals surface area contributed by atoms with E-state index in [0.29, 0.717) is 17.6 Å². The maximum absolute atomic E-state index is 14.0. The summed E-state index contributed by atoms with van der Waals surface area (Å²) in [6.45, 7) is -0.313. The maximum Gasteiger partial charge on any atom is 0.404 e. The van der Waals surface area contributed by atoms with Gasteiger partial charge in [-0.15, -0.1) is 0 Å². The normalized spacial score (nSPS) is 11.8. The number of aromatic nitrogens is 4. The molecule has 1 aromatic carbocycles. The van der Waals surface area contributed by atoms with Crippen LogP contribution in [0.5, 0.6) is 5.88 Å². The SMILES string of the molecule is COc1ccc(-n2c([C@@H](CNC(=O)O)c3cc(F)cc(F)c3)nc3ncccc3c2=O)cn1. The number of carbonyl (C=O) groups is 1. The number of nitrogens with zero attached hydrogens (tertiary/aromatic N) is 4. The molecule has 9 nitrogen and oxygen atoms in total. The molecule has 0 aliphatic rings. The molecule has 33 heavy (non-hydrogen) atoms. The average Bonchev–Trinajstić information content (AvgIpc) is 2.79. The summed E-state index contributed by atoms with van der Waals surface area (Å²) < 4.78 is 34.4. The highest BCUT2D eigenvalue weighted by Gasteiger charge is 2.25. The molecule has 4 rings (SSSR count). The van der Waals surface area contributed by atoms with Crippen molar-refractivity contribution in [3.8, 4) is 11.6 Å². The summed E-state index contributed by atoms with van der Waals surface area (Å²) in [4.78, 5) is 37.4. The minimum atomic E-state index is -1.35. The van der Waals surface area contributed by atoms with Gasteiger partial charge in [-0.05, 0) is 35.9 Å². The predicted octanol–water partition coefficient (Wildman–Crippen LogP) is 2.86. The number of amides is 1. The number of ether oxygens (including phenoxy) is 1. The molecule has 0 aliphatic heterocycles. The van der Waals surface area contributed by atoms with Crippen LogP contribution >= 0.6 is 0 Å². The molecule has 168 valence electrons. The molecule has 3 heterocycles. The number of hydrogen-bond acceptors (Lipinski definition) is 6. The van der Waals surface area contributed by atoms with E-state index in [1.165, 1.54) is 30.1 Å². The quantitative estimate of drug-likeness (QED) is 0.461. The molecular weight excluding hydrogens is 436 g/mol. The monoisotopic (exact) mass is 453 g/mol. The number of rotatable bonds is 6. The Morgan fingerprint density at radius 2 is 1.94 bits per heavy atom. The first-order valence-corrected chi connectivity index (χ1v) is 9.68. The number of fused-ring (bicyclic) bond motifs is 1. The van der Waals surface area contributed by atoms with E-state index >= 15 is 0 Å². The van der Waals surface area contributed by atoms with E-state index in [0.717, 1.165) is 12.1 Å². The minimum absolute atomic E-state index is 0.0249. The van der Waals surface area contributed by atoms with Crippen molar-refractivity contribution in [1.29, 1.82) is 0 Å². The molecule has 1 atom stereocenters. The Morgan fingerprint density at radius 3 is 2.58 bits per heavy atom. The molecule has 0 saturated heterocycles. The van der Waals surface area contributed by atoms with Gasteiger partial charge < -0.3 is 15.2 Å². The molecule has 3 aromatic heterocycles. The predicted molar refractivity (Wildman–Crippen MR) is 114 cm³/mol. The lowest BCUT2D eigenvalue weighted by Gasteiger charge is -2.22. The fourth-order valence-electron chi connectivity index (χ4n) is 3.47. The topological polar surface area (TPSA) is 119 Å². The van der Waals surface area contributed by atoms with E-state index in [-0.39, 0.29) is 29.0 Å². The van der Waals surface area contributed by atoms with Gasteiger partial charge in [0.15, 0.2) is 5.65 Å². The Labute approximate surface area is 185 Å². The van der Waals surface area contributed by atoms with Gasteiger partial charge in [-0.2, -0.15) is 0 Å². The van der Waals surface area contributed by atoms with E-state index in [9.17, 15) is 18.4 Å². The third kappa shape index (κ3) is 4.47. The van der Waals surface area contributed by atoms with Crippen LogP contribution in [0.4, 0.5) is 13.6 Å². The van der Waals surface area contributed by atoms with Crippen LogP contribution in [-0.2, 0) is 0 Å². The first-order chi connectivity index (χ1) is 15.9. The number of pyridine rings is 2. The Bertz CT molecular complexity index is 1370. The molecule has 0 bridgehead atoms. The molecule has 0 fully saturated rings. The zero-order valence-electron chi connectivity index (χ0n) is 17.2. The van der Waals surface area contributed by atoms with Crippen LogP contribution < -0.4 is 15.6 Å². The van der Waals surface area contributed by atoms with Gasteiger partial charge in [0.2, 0.25) is 5.88 Å². The molecule has 1 amide bonds. The summed E-state index contributed by atoms with van der Waals surface area (Å²) in [5.41, 5.74) is -0.0235. The summed E-state index contributed by atoms with van der Waals surface area (Å²) >= 11 is 0. The van der Waals surface area contributed by atoms with Crippen molar-refractivity contribution in [3.05, 3.63) is 88.2 Å². The standard InChI is InChI=1S/C22H17F2N5O4/c1-33-18-5-4-15(10-26-18)29-20(28-19-16(21(29)30)3-2-6-25-19)17(11-27-22(31)32)12-7-13(23)9-14(24)8-12/h2-10,17,27H,11H2,1H3,(H,31,32)/t17-/m0/s1. The lowest BCUT2D eigenvalue weighted by molar-refractivity contribution is 0.194. The van der Waals surface area contributed by atoms with Gasteiger partial charge in [-0.25, -0.2) is 28.5 Å². The zero-order valence-corrected chi connectivity index (χ0v) is 17.2. The van der Waals surface area contributed by atoms with Crippen LogP contribution in [-0.4, -0.2) is 44.4 Å². The van der Waals surface area contributed by atoms with Crippen LogP contribution in [0.1, 0.15) is 17.3 Å². The Balaban J connectivity index is 2.02. The largest absolute Gasteiger partial charge is 0.481 e. The number of hydrogen-bond donors (Lipinski definition) is 2. The van der Waals surface area contributed by atoms with Crippen molar-refractivity contribution in [2.45, 2.75) is 5.92 Å². The zero-order chi connectivity index (χ0) is 23.5. The van der Waals surface area contributed by atoms with Gasteiger partial charge >= 0.3 is 6.09 Å². The first kappa shape index (κ1) is 21.8. The lowest BCUT2D eigenvalue weighted by Crippen LogP contribution is -2.33. The molecule has 0 aliphatic carbocycles. The van der Waals surface area contributed by atoms with Crippen molar-refractivity contribution >= 4 is 17.1 Å². The lowest BCUT2D eigenvalue weighted by atomic mass is 9.97. The van der Waals surface area contributed by atoms with Gasteiger partial charge in [-0.1, -0.05) is 0 Å². The van der Waals surface area contributed by atoms with Crippen molar-refractivity contribution in [1.82, 2.24) is 24.8 Å². The highest BCUT2D eigenvalue weighted by molar-refractivity contribution is 5.74. The summed E-state index contributed by atoms with van der Waals surface area (Å²) in [7, 11) is 1.44. The fraction of sp³-hybridized carbons (Fsp3) is 0.136. The second-order valence-electron chi connectivity index (χ2n) is 6.99. The van der Waals surface area contributed by atoms with Gasteiger partial charge in [-0.3, -0.25) is 9.36 Å². The summed E-state index contributed by atoms with van der Waals surface area (Å²) in [6, 6.07) is 9.03. The number of halogens is 2. The van der Waals surface area contributed by atoms with Gasteiger partial charge in [0.1, 0.15) is 17.5 Å². The Hall–Kier alpha value is -4.41. The van der Waals surface area contributed by atoms with E-state index < -0.39 is 29.2 Å². The van der Waals surface area contributed by atoms with Crippen LogP contribution in [0, 0.1) is 11.6 Å². The second-order valence-corrected chi connectivity index (χ2v) is 6.99. The van der Waals surface area contributed by atoms with Crippen molar-refractivity contribution < 1.29 is 23.4 Å². The molecule has 2 N–H and O–H groups in total. The van der Waals surface area contributed by atoms with Gasteiger partial charge in [0, 0.05) is 24.9 Å². The first-order valence-electron chi connectivity index (χ1n) is 9.68. The Kier molecular flexibility index (Phi) is 5.94. The molecule has 4 aromatic rings. The minimum Gasteiger partial charge on any atom is -0.481 e. The molecule has 0 unspecified atom stereocenters. The van der Waals surface area contributed by atoms with Crippen LogP contribution in [0.15, 0.2) is 59.7 Å². The summed E-state index contributed by atoms with van der Waals surface area (Å²) in [5.74, 6) is -2.42. The molecule has 11 heteroatoms. The summed E-state index contributed by atoms with van der Waals surface area (Å²) in [6.07, 6.45) is 1.47. The molecular formula is C22H17F2N5O4.